The second kappa shape index (κ2) is 7.67. The normalized spacial score (nSPS) is 13.7. The third-order valence-electron chi connectivity index (χ3n) is 2.97. The predicted octanol–water partition coefficient (Wildman–Crippen LogP) is 1.83. The molecule has 0 aliphatic heterocycles. The maximum absolute atomic E-state index is 12.3. The Bertz CT molecular complexity index is 550. The van der Waals surface area contributed by atoms with Gasteiger partial charge < -0.3 is 10.1 Å². The van der Waals surface area contributed by atoms with Crippen LogP contribution in [0, 0.1) is 0 Å². The van der Waals surface area contributed by atoms with Gasteiger partial charge in [0, 0.05) is 32.2 Å². The van der Waals surface area contributed by atoms with Crippen LogP contribution in [0.15, 0.2) is 24.3 Å². The molecule has 0 bridgehead atoms. The van der Waals surface area contributed by atoms with Crippen molar-refractivity contribution in [3.8, 4) is 5.75 Å². The molecule has 1 aromatic rings. The van der Waals surface area contributed by atoms with Crippen LogP contribution in [-0.2, 0) is 10.0 Å². The molecule has 0 heterocycles. The highest BCUT2D eigenvalue weighted by molar-refractivity contribution is 7.89. The molecule has 0 aromatic heterocycles. The summed E-state index contributed by atoms with van der Waals surface area (Å²) < 4.78 is 53.5. The lowest BCUT2D eigenvalue weighted by Crippen LogP contribution is -2.32. The minimum Gasteiger partial charge on any atom is -0.434 e. The van der Waals surface area contributed by atoms with Crippen LogP contribution in [0.2, 0.25) is 0 Å². The highest BCUT2D eigenvalue weighted by Gasteiger charge is 2.16. The van der Waals surface area contributed by atoms with E-state index in [0.29, 0.717) is 5.56 Å². The van der Waals surface area contributed by atoms with Gasteiger partial charge in [-0.25, -0.2) is 12.7 Å². The molecule has 5 nitrogen and oxygen atoms in total. The summed E-state index contributed by atoms with van der Waals surface area (Å²) in [6, 6.07) is 6.12. The maximum atomic E-state index is 12.3. The Hall–Kier alpha value is -1.25. The molecule has 0 spiro atoms. The third kappa shape index (κ3) is 5.56. The van der Waals surface area contributed by atoms with Crippen molar-refractivity contribution in [2.24, 2.45) is 0 Å². The average molecular weight is 322 g/mol. The van der Waals surface area contributed by atoms with Gasteiger partial charge in [0.15, 0.2) is 0 Å². The van der Waals surface area contributed by atoms with E-state index < -0.39 is 16.6 Å². The van der Waals surface area contributed by atoms with Crippen LogP contribution in [0.3, 0.4) is 0 Å². The first kappa shape index (κ1) is 17.8. The smallest absolute Gasteiger partial charge is 0.387 e. The molecule has 0 saturated carbocycles. The molecule has 1 unspecified atom stereocenters. The van der Waals surface area contributed by atoms with Crippen LogP contribution in [0.1, 0.15) is 18.5 Å². The van der Waals surface area contributed by atoms with E-state index in [9.17, 15) is 17.2 Å². The summed E-state index contributed by atoms with van der Waals surface area (Å²) in [5, 5.41) is 2.99. The highest BCUT2D eigenvalue weighted by atomic mass is 32.2. The van der Waals surface area contributed by atoms with Gasteiger partial charge in [-0.05, 0) is 13.0 Å². The standard InChI is InChI=1S/C13H20F2N2O3S/c1-10(16-8-9-21(18,19)17(2)3)11-6-4-5-7-12(11)20-13(14)15/h4-7,10,13,16H,8-9H2,1-3H3. The van der Waals surface area contributed by atoms with Gasteiger partial charge in [0.25, 0.3) is 0 Å². The molecule has 1 N–H and O–H groups in total. The van der Waals surface area contributed by atoms with E-state index in [-0.39, 0.29) is 24.1 Å². The fourth-order valence-electron chi connectivity index (χ4n) is 1.74. The Morgan fingerprint density at radius 1 is 1.29 bits per heavy atom. The summed E-state index contributed by atoms with van der Waals surface area (Å²) in [6.07, 6.45) is 0. The molecular weight excluding hydrogens is 302 g/mol. The molecule has 0 amide bonds. The first-order valence-corrected chi connectivity index (χ1v) is 8.02. The van der Waals surface area contributed by atoms with E-state index in [4.69, 9.17) is 0 Å². The fourth-order valence-corrected chi connectivity index (χ4v) is 2.48. The molecule has 1 rings (SSSR count). The summed E-state index contributed by atoms with van der Waals surface area (Å²) in [5.74, 6) is 0.0188. The summed E-state index contributed by atoms with van der Waals surface area (Å²) in [7, 11) is -0.360. The van der Waals surface area contributed by atoms with Crippen LogP contribution < -0.4 is 10.1 Å². The van der Waals surface area contributed by atoms with E-state index in [0.717, 1.165) is 4.31 Å². The third-order valence-corrected chi connectivity index (χ3v) is 4.80. The largest absolute Gasteiger partial charge is 0.434 e. The van der Waals surface area contributed by atoms with Crippen molar-refractivity contribution >= 4 is 10.0 Å². The molecule has 0 aliphatic rings. The van der Waals surface area contributed by atoms with Crippen molar-refractivity contribution in [3.05, 3.63) is 29.8 Å². The molecular formula is C13H20F2N2O3S. The van der Waals surface area contributed by atoms with E-state index in [2.05, 4.69) is 10.1 Å². The number of rotatable bonds is 8. The number of sulfonamides is 1. The predicted molar refractivity (Wildman–Crippen MR) is 77.0 cm³/mol. The monoisotopic (exact) mass is 322 g/mol. The molecule has 1 atom stereocenters. The maximum Gasteiger partial charge on any atom is 0.387 e. The van der Waals surface area contributed by atoms with E-state index in [1.54, 1.807) is 25.1 Å². The molecule has 0 aliphatic carbocycles. The molecule has 120 valence electrons. The summed E-state index contributed by atoms with van der Waals surface area (Å²) in [6.45, 7) is -0.923. The molecule has 0 fully saturated rings. The van der Waals surface area contributed by atoms with Gasteiger partial charge in [-0.2, -0.15) is 8.78 Å². The topological polar surface area (TPSA) is 58.6 Å². The Morgan fingerprint density at radius 3 is 2.48 bits per heavy atom. The average Bonchev–Trinajstić information content (AvgIpc) is 2.38. The van der Waals surface area contributed by atoms with E-state index in [1.165, 1.54) is 20.2 Å². The number of nitrogens with zero attached hydrogens (tertiary/aromatic N) is 1. The van der Waals surface area contributed by atoms with Crippen LogP contribution >= 0.6 is 0 Å². The lowest BCUT2D eigenvalue weighted by Gasteiger charge is -2.18. The second-order valence-electron chi connectivity index (χ2n) is 4.69. The number of ether oxygens (including phenoxy) is 1. The van der Waals surface area contributed by atoms with Crippen molar-refractivity contribution in [2.45, 2.75) is 19.6 Å². The van der Waals surface area contributed by atoms with Crippen LogP contribution in [0.5, 0.6) is 5.75 Å². The SMILES string of the molecule is CC(NCCS(=O)(=O)N(C)C)c1ccccc1OC(F)F. The van der Waals surface area contributed by atoms with Crippen LogP contribution in [-0.4, -0.2) is 45.7 Å². The Kier molecular flexibility index (Phi) is 6.50. The first-order valence-electron chi connectivity index (χ1n) is 6.41. The van der Waals surface area contributed by atoms with Gasteiger partial charge in [0.1, 0.15) is 5.75 Å². The van der Waals surface area contributed by atoms with Gasteiger partial charge in [-0.15, -0.1) is 0 Å². The zero-order valence-corrected chi connectivity index (χ0v) is 13.0. The highest BCUT2D eigenvalue weighted by Crippen LogP contribution is 2.26. The summed E-state index contributed by atoms with van der Waals surface area (Å²) >= 11 is 0. The lowest BCUT2D eigenvalue weighted by atomic mass is 10.1. The minimum absolute atomic E-state index is 0.0673. The van der Waals surface area contributed by atoms with Crippen molar-refractivity contribution in [2.75, 3.05) is 26.4 Å². The summed E-state index contributed by atoms with van der Waals surface area (Å²) in [4.78, 5) is 0. The van der Waals surface area contributed by atoms with Crippen LogP contribution in [0.4, 0.5) is 8.78 Å². The van der Waals surface area contributed by atoms with E-state index >= 15 is 0 Å². The molecule has 21 heavy (non-hydrogen) atoms. The van der Waals surface area contributed by atoms with E-state index in [1.807, 2.05) is 0 Å². The number of nitrogens with one attached hydrogen (secondary N) is 1. The quantitative estimate of drug-likeness (QED) is 0.793. The van der Waals surface area contributed by atoms with Crippen LogP contribution in [0.25, 0.3) is 0 Å². The number of benzene rings is 1. The lowest BCUT2D eigenvalue weighted by molar-refractivity contribution is -0.0506. The number of halogens is 2. The Labute approximate surface area is 124 Å². The van der Waals surface area contributed by atoms with Crippen molar-refractivity contribution in [1.29, 1.82) is 0 Å². The Balaban J connectivity index is 2.66. The van der Waals surface area contributed by atoms with Crippen molar-refractivity contribution in [1.82, 2.24) is 9.62 Å². The fraction of sp³-hybridized carbons (Fsp3) is 0.538. The van der Waals surface area contributed by atoms with Gasteiger partial charge in [-0.3, -0.25) is 0 Å². The van der Waals surface area contributed by atoms with Gasteiger partial charge in [0.05, 0.1) is 5.75 Å². The first-order chi connectivity index (χ1) is 9.74. The van der Waals surface area contributed by atoms with Crippen molar-refractivity contribution < 1.29 is 21.9 Å². The molecule has 8 heteroatoms. The van der Waals surface area contributed by atoms with Gasteiger partial charge in [-0.1, -0.05) is 18.2 Å². The number of hydrogen-bond donors (Lipinski definition) is 1. The summed E-state index contributed by atoms with van der Waals surface area (Å²) in [5.41, 5.74) is 0.556. The number of alkyl halides is 2. The zero-order valence-electron chi connectivity index (χ0n) is 12.2. The van der Waals surface area contributed by atoms with Crippen molar-refractivity contribution in [3.63, 3.8) is 0 Å². The zero-order chi connectivity index (χ0) is 16.0. The Morgan fingerprint density at radius 2 is 1.90 bits per heavy atom. The molecule has 0 radical (unpaired) electrons. The molecule has 0 saturated heterocycles. The van der Waals surface area contributed by atoms with Gasteiger partial charge >= 0.3 is 6.61 Å². The minimum atomic E-state index is -3.29. The molecule has 1 aromatic carbocycles. The number of para-hydroxylation sites is 1. The second-order valence-corrected chi connectivity index (χ2v) is 6.99. The van der Waals surface area contributed by atoms with Gasteiger partial charge in [0.2, 0.25) is 10.0 Å². The number of hydrogen-bond acceptors (Lipinski definition) is 4.